The van der Waals surface area contributed by atoms with Crippen LogP contribution in [0.25, 0.3) is 0 Å². The topological polar surface area (TPSA) is 48.0 Å². The summed E-state index contributed by atoms with van der Waals surface area (Å²) in [5, 5.41) is 3.24. The number of likely N-dealkylation sites (tertiary alicyclic amines) is 1. The van der Waals surface area contributed by atoms with E-state index in [1.54, 1.807) is 0 Å². The highest BCUT2D eigenvalue weighted by Gasteiger charge is 2.40. The quantitative estimate of drug-likeness (QED) is 0.845. The van der Waals surface area contributed by atoms with Crippen LogP contribution in [0.2, 0.25) is 0 Å². The van der Waals surface area contributed by atoms with Gasteiger partial charge in [0.2, 0.25) is 0 Å². The number of rotatable bonds is 4. The van der Waals surface area contributed by atoms with Gasteiger partial charge in [0.15, 0.2) is 0 Å². The minimum atomic E-state index is -0.297. The van der Waals surface area contributed by atoms with E-state index in [0.717, 1.165) is 39.0 Å². The fourth-order valence-corrected chi connectivity index (χ4v) is 3.84. The van der Waals surface area contributed by atoms with Gasteiger partial charge in [-0.2, -0.15) is 0 Å². The number of urea groups is 1. The van der Waals surface area contributed by atoms with Crippen molar-refractivity contribution in [2.45, 2.75) is 57.8 Å². The average molecular weight is 341 g/mol. The van der Waals surface area contributed by atoms with E-state index >= 15 is 0 Å². The van der Waals surface area contributed by atoms with Crippen LogP contribution in [0.15, 0.2) is 0 Å². The van der Waals surface area contributed by atoms with Gasteiger partial charge in [0.1, 0.15) is 0 Å². The number of amides is 2. The van der Waals surface area contributed by atoms with Crippen LogP contribution < -0.4 is 5.32 Å². The summed E-state index contributed by atoms with van der Waals surface area (Å²) in [6.45, 7) is 13.8. The van der Waals surface area contributed by atoms with Crippen molar-refractivity contribution in [3.63, 3.8) is 0 Å². The molecule has 0 radical (unpaired) electrons. The number of likely N-dealkylation sites (N-methyl/N-ethyl adjacent to an activating group) is 1. The van der Waals surface area contributed by atoms with Crippen molar-refractivity contribution < 1.29 is 9.53 Å². The summed E-state index contributed by atoms with van der Waals surface area (Å²) in [5.74, 6) is 0. The van der Waals surface area contributed by atoms with Crippen molar-refractivity contribution in [1.29, 1.82) is 0 Å². The fraction of sp³-hybridized carbons (Fsp3) is 0.944. The van der Waals surface area contributed by atoms with Gasteiger partial charge in [-0.25, -0.2) is 4.79 Å². The largest absolute Gasteiger partial charge is 0.366 e. The Morgan fingerprint density at radius 3 is 2.17 bits per heavy atom. The Hall–Kier alpha value is -0.850. The van der Waals surface area contributed by atoms with Gasteiger partial charge >= 0.3 is 6.03 Å². The third-order valence-corrected chi connectivity index (χ3v) is 4.76. The van der Waals surface area contributed by atoms with Crippen molar-refractivity contribution in [3.05, 3.63) is 0 Å². The summed E-state index contributed by atoms with van der Waals surface area (Å²) in [5.41, 5.74) is -0.594. The van der Waals surface area contributed by atoms with E-state index in [2.05, 4.69) is 56.9 Å². The van der Waals surface area contributed by atoms with Crippen LogP contribution in [0.1, 0.15) is 40.5 Å². The van der Waals surface area contributed by atoms with Crippen molar-refractivity contribution in [2.75, 3.05) is 53.4 Å². The van der Waals surface area contributed by atoms with Gasteiger partial charge in [0.25, 0.3) is 0 Å². The number of nitrogens with one attached hydrogen (secondary N) is 1. The predicted molar refractivity (Wildman–Crippen MR) is 97.4 cm³/mol. The first kappa shape index (κ1) is 19.5. The van der Waals surface area contributed by atoms with E-state index in [9.17, 15) is 4.79 Å². The second kappa shape index (κ2) is 7.58. The lowest BCUT2D eigenvalue weighted by Crippen LogP contribution is -2.61. The second-order valence-corrected chi connectivity index (χ2v) is 8.85. The second-order valence-electron chi connectivity index (χ2n) is 8.85. The molecule has 6 nitrogen and oxygen atoms in total. The van der Waals surface area contributed by atoms with Gasteiger partial charge in [-0.05, 0) is 54.6 Å². The Bertz CT molecular complexity index is 413. The van der Waals surface area contributed by atoms with Crippen molar-refractivity contribution in [1.82, 2.24) is 20.0 Å². The molecule has 0 spiro atoms. The monoisotopic (exact) mass is 340 g/mol. The van der Waals surface area contributed by atoms with Gasteiger partial charge in [0, 0.05) is 32.2 Å². The molecule has 0 unspecified atom stereocenters. The third-order valence-electron chi connectivity index (χ3n) is 4.76. The Morgan fingerprint density at radius 1 is 1.12 bits per heavy atom. The molecule has 2 heterocycles. The van der Waals surface area contributed by atoms with E-state index in [-0.39, 0.29) is 17.2 Å². The number of morpholine rings is 1. The first-order chi connectivity index (χ1) is 11.1. The zero-order valence-corrected chi connectivity index (χ0v) is 16.4. The summed E-state index contributed by atoms with van der Waals surface area (Å²) in [6, 6.07) is 0.355. The van der Waals surface area contributed by atoms with Crippen molar-refractivity contribution in [2.24, 2.45) is 0 Å². The Morgan fingerprint density at radius 2 is 1.67 bits per heavy atom. The molecule has 6 heteroatoms. The van der Waals surface area contributed by atoms with Crippen LogP contribution in [0.4, 0.5) is 4.79 Å². The minimum Gasteiger partial charge on any atom is -0.366 e. The minimum absolute atomic E-state index is 0.0613. The first-order valence-electron chi connectivity index (χ1n) is 9.19. The van der Waals surface area contributed by atoms with Gasteiger partial charge in [-0.3, -0.25) is 0 Å². The fourth-order valence-electron chi connectivity index (χ4n) is 3.84. The van der Waals surface area contributed by atoms with Crippen LogP contribution >= 0.6 is 0 Å². The van der Waals surface area contributed by atoms with E-state index in [4.69, 9.17) is 4.74 Å². The molecule has 2 saturated heterocycles. The normalized spacial score (nSPS) is 25.0. The zero-order valence-electron chi connectivity index (χ0n) is 16.4. The number of nitrogens with zero attached hydrogens (tertiary/aromatic N) is 3. The number of piperidine rings is 1. The lowest BCUT2D eigenvalue weighted by atomic mass is 9.99. The molecular formula is C18H36N4O2. The Labute approximate surface area is 147 Å². The SMILES string of the molecule is CN(C)CCN1CCC(NC(=O)N2CC(C)(C)OC(C)(C)C2)CC1. The molecule has 0 aliphatic carbocycles. The molecule has 0 saturated carbocycles. The molecule has 2 fully saturated rings. The number of carbonyl (C=O) groups is 1. The average Bonchev–Trinajstić information content (AvgIpc) is 2.43. The van der Waals surface area contributed by atoms with Crippen LogP contribution in [-0.4, -0.2) is 91.3 Å². The maximum absolute atomic E-state index is 12.7. The standard InChI is InChI=1S/C18H36N4O2/c1-17(2)13-22(14-18(3,4)24-17)16(23)19-15-7-9-21(10-8-15)12-11-20(5)6/h15H,7-14H2,1-6H3,(H,19,23). The number of hydrogen-bond donors (Lipinski definition) is 1. The number of hydrogen-bond acceptors (Lipinski definition) is 4. The van der Waals surface area contributed by atoms with Crippen LogP contribution in [-0.2, 0) is 4.74 Å². The third kappa shape index (κ3) is 5.90. The molecule has 2 rings (SSSR count). The number of ether oxygens (including phenoxy) is 1. The molecule has 2 aliphatic heterocycles. The smallest absolute Gasteiger partial charge is 0.317 e. The molecule has 2 aliphatic rings. The highest BCUT2D eigenvalue weighted by Crippen LogP contribution is 2.28. The van der Waals surface area contributed by atoms with Crippen LogP contribution in [0.3, 0.4) is 0 Å². The highest BCUT2D eigenvalue weighted by atomic mass is 16.5. The maximum atomic E-state index is 12.7. The molecule has 0 atom stereocenters. The summed E-state index contributed by atoms with van der Waals surface area (Å²) in [7, 11) is 4.22. The lowest BCUT2D eigenvalue weighted by Gasteiger charge is -2.47. The van der Waals surface area contributed by atoms with E-state index in [1.165, 1.54) is 0 Å². The van der Waals surface area contributed by atoms with Gasteiger partial charge in [-0.1, -0.05) is 0 Å². The molecular weight excluding hydrogens is 304 g/mol. The molecule has 0 bridgehead atoms. The molecule has 0 aromatic carbocycles. The van der Waals surface area contributed by atoms with Gasteiger partial charge in [-0.15, -0.1) is 0 Å². The van der Waals surface area contributed by atoms with E-state index in [0.29, 0.717) is 19.1 Å². The lowest BCUT2D eigenvalue weighted by molar-refractivity contribution is -0.170. The van der Waals surface area contributed by atoms with Crippen molar-refractivity contribution in [3.8, 4) is 0 Å². The van der Waals surface area contributed by atoms with Gasteiger partial charge in [0.05, 0.1) is 24.3 Å². The number of carbonyl (C=O) groups excluding carboxylic acids is 1. The first-order valence-corrected chi connectivity index (χ1v) is 9.19. The zero-order chi connectivity index (χ0) is 18.0. The van der Waals surface area contributed by atoms with Crippen LogP contribution in [0.5, 0.6) is 0 Å². The van der Waals surface area contributed by atoms with Crippen molar-refractivity contribution >= 4 is 6.03 Å². The molecule has 2 amide bonds. The Balaban J connectivity index is 1.79. The van der Waals surface area contributed by atoms with Crippen LogP contribution in [0, 0.1) is 0 Å². The Kier molecular flexibility index (Phi) is 6.15. The van der Waals surface area contributed by atoms with E-state index in [1.807, 2.05) is 4.90 Å². The summed E-state index contributed by atoms with van der Waals surface area (Å²) < 4.78 is 6.06. The predicted octanol–water partition coefficient (Wildman–Crippen LogP) is 1.61. The summed E-state index contributed by atoms with van der Waals surface area (Å²) in [6.07, 6.45) is 2.08. The van der Waals surface area contributed by atoms with Gasteiger partial charge < -0.3 is 24.8 Å². The summed E-state index contributed by atoms with van der Waals surface area (Å²) >= 11 is 0. The molecule has 1 N–H and O–H groups in total. The maximum Gasteiger partial charge on any atom is 0.317 e. The molecule has 24 heavy (non-hydrogen) atoms. The van der Waals surface area contributed by atoms with E-state index < -0.39 is 0 Å². The summed E-state index contributed by atoms with van der Waals surface area (Å²) in [4.78, 5) is 19.3. The highest BCUT2D eigenvalue weighted by molar-refractivity contribution is 5.74. The molecule has 0 aromatic rings. The molecule has 140 valence electrons. The molecule has 0 aromatic heterocycles.